The number of rotatable bonds is 4. The summed E-state index contributed by atoms with van der Waals surface area (Å²) >= 11 is 6.33. The van der Waals surface area contributed by atoms with Gasteiger partial charge >= 0.3 is 6.09 Å². The van der Waals surface area contributed by atoms with Crippen LogP contribution in [0.2, 0.25) is 5.02 Å². The molecule has 7 nitrogen and oxygen atoms in total. The molecule has 0 unspecified atom stereocenters. The minimum atomic E-state index is -0.644. The van der Waals surface area contributed by atoms with Crippen LogP contribution in [-0.4, -0.2) is 45.8 Å². The second-order valence-corrected chi connectivity index (χ2v) is 10.6. The summed E-state index contributed by atoms with van der Waals surface area (Å²) in [4.78, 5) is 27.5. The summed E-state index contributed by atoms with van der Waals surface area (Å²) in [5, 5.41) is 4.52. The van der Waals surface area contributed by atoms with Crippen molar-refractivity contribution >= 4 is 34.4 Å². The van der Waals surface area contributed by atoms with Crippen molar-refractivity contribution < 1.29 is 13.9 Å². The van der Waals surface area contributed by atoms with Gasteiger partial charge in [0, 0.05) is 34.3 Å². The predicted molar refractivity (Wildman–Crippen MR) is 144 cm³/mol. The molecule has 4 aromatic rings. The lowest BCUT2D eigenvalue weighted by molar-refractivity contribution is 0.0558. The molecule has 1 fully saturated rings. The normalized spacial score (nSPS) is 14.6. The van der Waals surface area contributed by atoms with E-state index in [1.165, 1.54) is 6.07 Å². The van der Waals surface area contributed by atoms with Gasteiger partial charge in [-0.3, -0.25) is 9.88 Å². The number of amides is 1. The minimum Gasteiger partial charge on any atom is -0.443 e. The third kappa shape index (κ3) is 5.31. The molecule has 1 saturated heterocycles. The van der Waals surface area contributed by atoms with Crippen molar-refractivity contribution in [1.82, 2.24) is 20.3 Å². The van der Waals surface area contributed by atoms with Crippen LogP contribution in [0.3, 0.4) is 0 Å². The lowest BCUT2D eigenvalue weighted by Gasteiger charge is -2.35. The Balaban J connectivity index is 1.56. The number of anilines is 1. The van der Waals surface area contributed by atoms with E-state index in [0.29, 0.717) is 27.7 Å². The molecular formula is C28H29ClFN5O2. The van der Waals surface area contributed by atoms with E-state index in [9.17, 15) is 9.18 Å². The van der Waals surface area contributed by atoms with Crippen LogP contribution in [0.1, 0.15) is 33.6 Å². The highest BCUT2D eigenvalue weighted by Crippen LogP contribution is 2.36. The number of nitrogens with one attached hydrogen (secondary N) is 2. The third-order valence-electron chi connectivity index (χ3n) is 6.34. The molecule has 2 aromatic carbocycles. The Hall–Kier alpha value is -3.49. The minimum absolute atomic E-state index is 0.0570. The highest BCUT2D eigenvalue weighted by molar-refractivity contribution is 6.33. The Morgan fingerprint density at radius 2 is 1.95 bits per heavy atom. The zero-order valence-electron chi connectivity index (χ0n) is 21.0. The summed E-state index contributed by atoms with van der Waals surface area (Å²) in [5.74, 6) is 0.0435. The molecule has 2 N–H and O–H groups in total. The van der Waals surface area contributed by atoms with Crippen molar-refractivity contribution in [2.24, 2.45) is 0 Å². The number of H-pyrrole nitrogens is 1. The van der Waals surface area contributed by atoms with Crippen LogP contribution in [-0.2, 0) is 4.74 Å². The average Bonchev–Trinajstić information content (AvgIpc) is 3.27. The van der Waals surface area contributed by atoms with Gasteiger partial charge in [-0.25, -0.2) is 14.2 Å². The molecule has 37 heavy (non-hydrogen) atoms. The number of hydrogen-bond donors (Lipinski definition) is 2. The Morgan fingerprint density at radius 3 is 2.68 bits per heavy atom. The van der Waals surface area contributed by atoms with Gasteiger partial charge in [0.2, 0.25) is 0 Å². The largest absolute Gasteiger partial charge is 0.443 e. The quantitative estimate of drug-likeness (QED) is 0.317. The molecule has 0 atom stereocenters. The van der Waals surface area contributed by atoms with E-state index in [2.05, 4.69) is 15.3 Å². The van der Waals surface area contributed by atoms with E-state index < -0.39 is 11.7 Å². The van der Waals surface area contributed by atoms with Crippen molar-refractivity contribution in [2.75, 3.05) is 18.0 Å². The van der Waals surface area contributed by atoms with Crippen molar-refractivity contribution in [3.63, 3.8) is 0 Å². The molecule has 0 spiro atoms. The molecule has 0 saturated carbocycles. The molecule has 0 bridgehead atoms. The van der Waals surface area contributed by atoms with Crippen molar-refractivity contribution in [1.29, 1.82) is 0 Å². The van der Waals surface area contributed by atoms with Crippen molar-refractivity contribution in [3.8, 4) is 22.4 Å². The third-order valence-corrected chi connectivity index (χ3v) is 6.66. The SMILES string of the molecule is CC(C)(C)OC(=O)N(c1cncc(-c2c[nH]c3ccc(-c4c(F)cccc4Cl)cc23)n1)C1CCNCC1. The molecule has 5 rings (SSSR count). The smallest absolute Gasteiger partial charge is 0.416 e. The first-order chi connectivity index (χ1) is 17.7. The molecule has 0 radical (unpaired) electrons. The Bertz CT molecular complexity index is 1420. The van der Waals surface area contributed by atoms with E-state index >= 15 is 0 Å². The first-order valence-electron chi connectivity index (χ1n) is 12.3. The second-order valence-electron chi connectivity index (χ2n) is 10.2. The fraction of sp³-hybridized carbons (Fsp3) is 0.321. The number of carbonyl (C=O) groups is 1. The number of nitrogens with zero attached hydrogens (tertiary/aromatic N) is 3. The number of piperidine rings is 1. The standard InChI is InChI=1S/C28H29ClFN5O2/c1-28(2,3)37-27(36)35(18-9-11-31-12-10-18)25-16-32-15-24(34-25)20-14-33-23-8-7-17(13-19(20)23)26-21(29)5-4-6-22(26)30/h4-8,13-16,18,31,33H,9-12H2,1-3H3. The van der Waals surface area contributed by atoms with Gasteiger partial charge in [-0.1, -0.05) is 23.7 Å². The van der Waals surface area contributed by atoms with Crippen LogP contribution in [0, 0.1) is 5.82 Å². The molecule has 0 aliphatic carbocycles. The number of benzene rings is 2. The van der Waals surface area contributed by atoms with Crippen LogP contribution in [0.5, 0.6) is 0 Å². The fourth-order valence-electron chi connectivity index (χ4n) is 4.67. The van der Waals surface area contributed by atoms with E-state index in [0.717, 1.165) is 42.4 Å². The Labute approximate surface area is 220 Å². The van der Waals surface area contributed by atoms with Crippen molar-refractivity contribution in [2.45, 2.75) is 45.3 Å². The van der Waals surface area contributed by atoms with Crippen LogP contribution in [0.25, 0.3) is 33.3 Å². The predicted octanol–water partition coefficient (Wildman–Crippen LogP) is 6.58. The summed E-state index contributed by atoms with van der Waals surface area (Å²) in [6.45, 7) is 7.15. The number of aromatic amines is 1. The summed E-state index contributed by atoms with van der Waals surface area (Å²) in [5.41, 5.74) is 2.59. The number of halogens is 2. The lowest BCUT2D eigenvalue weighted by Crippen LogP contribution is -2.48. The van der Waals surface area contributed by atoms with Crippen LogP contribution >= 0.6 is 11.6 Å². The van der Waals surface area contributed by atoms with Crippen LogP contribution < -0.4 is 10.2 Å². The van der Waals surface area contributed by atoms with E-state index in [-0.39, 0.29) is 11.9 Å². The lowest BCUT2D eigenvalue weighted by atomic mass is 10.0. The van der Waals surface area contributed by atoms with Gasteiger partial charge in [-0.15, -0.1) is 0 Å². The molecule has 192 valence electrons. The first-order valence-corrected chi connectivity index (χ1v) is 12.7. The molecule has 9 heteroatoms. The van der Waals surface area contributed by atoms with Gasteiger partial charge in [0.1, 0.15) is 11.4 Å². The number of fused-ring (bicyclic) bond motifs is 1. The van der Waals surface area contributed by atoms with Gasteiger partial charge in [0.05, 0.1) is 23.1 Å². The topological polar surface area (TPSA) is 83.1 Å². The van der Waals surface area contributed by atoms with E-state index in [4.69, 9.17) is 21.3 Å². The van der Waals surface area contributed by atoms with Gasteiger partial charge in [-0.2, -0.15) is 0 Å². The Kier molecular flexibility index (Phi) is 6.88. The van der Waals surface area contributed by atoms with Crippen LogP contribution in [0.4, 0.5) is 15.0 Å². The zero-order valence-corrected chi connectivity index (χ0v) is 21.8. The summed E-state index contributed by atoms with van der Waals surface area (Å²) in [6.07, 6.45) is 6.21. The highest BCUT2D eigenvalue weighted by Gasteiger charge is 2.32. The number of hydrogen-bond acceptors (Lipinski definition) is 5. The molecule has 1 aliphatic heterocycles. The van der Waals surface area contributed by atoms with Crippen LogP contribution in [0.15, 0.2) is 55.0 Å². The number of aromatic nitrogens is 3. The number of ether oxygens (including phenoxy) is 1. The fourth-order valence-corrected chi connectivity index (χ4v) is 4.94. The maximum Gasteiger partial charge on any atom is 0.416 e. The van der Waals surface area contributed by atoms with Gasteiger partial charge in [0.25, 0.3) is 0 Å². The second kappa shape index (κ2) is 10.1. The molecule has 1 amide bonds. The Morgan fingerprint density at radius 1 is 1.16 bits per heavy atom. The van der Waals surface area contributed by atoms with Crippen molar-refractivity contribution in [3.05, 3.63) is 65.8 Å². The maximum absolute atomic E-state index is 14.6. The molecule has 1 aliphatic rings. The molecule has 2 aromatic heterocycles. The van der Waals surface area contributed by atoms with Gasteiger partial charge in [0.15, 0.2) is 5.82 Å². The zero-order chi connectivity index (χ0) is 26.2. The monoisotopic (exact) mass is 521 g/mol. The maximum atomic E-state index is 14.6. The first kappa shape index (κ1) is 25.2. The van der Waals surface area contributed by atoms with E-state index in [1.807, 2.05) is 45.2 Å². The molecule has 3 heterocycles. The summed E-state index contributed by atoms with van der Waals surface area (Å²) in [6, 6.07) is 10.2. The summed E-state index contributed by atoms with van der Waals surface area (Å²) < 4.78 is 20.4. The van der Waals surface area contributed by atoms with E-state index in [1.54, 1.807) is 29.4 Å². The average molecular weight is 522 g/mol. The number of carbonyl (C=O) groups excluding carboxylic acids is 1. The van der Waals surface area contributed by atoms with Gasteiger partial charge < -0.3 is 15.0 Å². The highest BCUT2D eigenvalue weighted by atomic mass is 35.5. The molecular weight excluding hydrogens is 493 g/mol. The summed E-state index contributed by atoms with van der Waals surface area (Å²) in [7, 11) is 0. The van der Waals surface area contributed by atoms with Gasteiger partial charge in [-0.05, 0) is 76.5 Å².